The van der Waals surface area contributed by atoms with Gasteiger partial charge in [0.2, 0.25) is 5.91 Å². The van der Waals surface area contributed by atoms with Gasteiger partial charge in [-0.2, -0.15) is 0 Å². The van der Waals surface area contributed by atoms with Crippen LogP contribution in [0.25, 0.3) is 0 Å². The molecule has 1 heterocycles. The van der Waals surface area contributed by atoms with E-state index in [-0.39, 0.29) is 5.91 Å². The average molecular weight is 161 g/mol. The molecule has 1 aliphatic rings. The Labute approximate surface area is 71.8 Å². The smallest absolute Gasteiger partial charge is 0.228 e. The molecule has 1 aromatic rings. The molecule has 0 bridgehead atoms. The predicted octanol–water partition coefficient (Wildman–Crippen LogP) is 1.73. The molecule has 1 aromatic carbocycles. The molecule has 1 fully saturated rings. The number of amides is 1. The lowest BCUT2D eigenvalue weighted by Gasteiger charge is -2.31. The van der Waals surface area contributed by atoms with E-state index in [9.17, 15) is 4.79 Å². The summed E-state index contributed by atoms with van der Waals surface area (Å²) < 4.78 is 0. The van der Waals surface area contributed by atoms with Crippen molar-refractivity contribution in [1.82, 2.24) is 0 Å². The molecular weight excluding hydrogens is 150 g/mol. The summed E-state index contributed by atoms with van der Waals surface area (Å²) in [7, 11) is 0. The highest BCUT2D eigenvalue weighted by Gasteiger charge is 2.25. The molecule has 62 valence electrons. The fourth-order valence-electron chi connectivity index (χ4n) is 1.44. The number of carbonyl (C=O) groups excluding carboxylic acids is 1. The maximum atomic E-state index is 11.1. The van der Waals surface area contributed by atoms with E-state index >= 15 is 0 Å². The Balaban J connectivity index is 2.33. The van der Waals surface area contributed by atoms with Gasteiger partial charge in [-0.05, 0) is 18.6 Å². The van der Waals surface area contributed by atoms with Crippen molar-refractivity contribution in [3.05, 3.63) is 29.8 Å². The Morgan fingerprint density at radius 1 is 1.33 bits per heavy atom. The molecule has 0 N–H and O–H groups in total. The Hall–Kier alpha value is -1.31. The van der Waals surface area contributed by atoms with Gasteiger partial charge in [0.25, 0.3) is 0 Å². The van der Waals surface area contributed by atoms with Gasteiger partial charge in [-0.1, -0.05) is 18.2 Å². The van der Waals surface area contributed by atoms with Crippen LogP contribution in [0, 0.1) is 6.92 Å². The van der Waals surface area contributed by atoms with Crippen molar-refractivity contribution in [3.63, 3.8) is 0 Å². The van der Waals surface area contributed by atoms with Crippen molar-refractivity contribution in [3.8, 4) is 0 Å². The molecule has 0 aromatic heterocycles. The van der Waals surface area contributed by atoms with E-state index in [0.717, 1.165) is 12.2 Å². The van der Waals surface area contributed by atoms with Crippen molar-refractivity contribution in [2.75, 3.05) is 11.4 Å². The van der Waals surface area contributed by atoms with E-state index in [0.29, 0.717) is 6.42 Å². The van der Waals surface area contributed by atoms with Gasteiger partial charge in [-0.15, -0.1) is 0 Å². The van der Waals surface area contributed by atoms with Gasteiger partial charge in [-0.3, -0.25) is 4.79 Å². The molecule has 0 unspecified atom stereocenters. The summed E-state index contributed by atoms with van der Waals surface area (Å²) in [6, 6.07) is 7.98. The summed E-state index contributed by atoms with van der Waals surface area (Å²) in [5, 5.41) is 0. The Bertz CT molecular complexity index is 319. The second kappa shape index (κ2) is 2.63. The zero-order valence-electron chi connectivity index (χ0n) is 7.08. The van der Waals surface area contributed by atoms with E-state index in [1.165, 1.54) is 5.56 Å². The molecule has 0 atom stereocenters. The van der Waals surface area contributed by atoms with Gasteiger partial charge in [0.05, 0.1) is 0 Å². The van der Waals surface area contributed by atoms with Crippen LogP contribution in [0.1, 0.15) is 12.0 Å². The number of aryl methyl sites for hydroxylation is 1. The van der Waals surface area contributed by atoms with Gasteiger partial charge in [0.15, 0.2) is 0 Å². The predicted molar refractivity (Wildman–Crippen MR) is 48.1 cm³/mol. The maximum absolute atomic E-state index is 11.1. The molecule has 12 heavy (non-hydrogen) atoms. The zero-order chi connectivity index (χ0) is 8.55. The number of rotatable bonds is 1. The minimum Gasteiger partial charge on any atom is -0.312 e. The highest BCUT2D eigenvalue weighted by atomic mass is 16.2. The molecule has 2 rings (SSSR count). The van der Waals surface area contributed by atoms with E-state index in [1.807, 2.05) is 36.1 Å². The summed E-state index contributed by atoms with van der Waals surface area (Å²) in [5.74, 6) is 0.240. The molecular formula is C10H11NO. The standard InChI is InChI=1S/C10H11NO/c1-8-4-2-3-5-9(8)11-7-6-10(11)12/h2-5H,6-7H2,1H3. The second-order valence-corrected chi connectivity index (χ2v) is 3.08. The first-order valence-corrected chi connectivity index (χ1v) is 4.15. The molecule has 0 spiro atoms. The molecule has 1 amide bonds. The van der Waals surface area contributed by atoms with Crippen LogP contribution in [0.2, 0.25) is 0 Å². The van der Waals surface area contributed by atoms with Crippen molar-refractivity contribution in [2.24, 2.45) is 0 Å². The Morgan fingerprint density at radius 2 is 2.08 bits per heavy atom. The van der Waals surface area contributed by atoms with Gasteiger partial charge in [0, 0.05) is 18.7 Å². The van der Waals surface area contributed by atoms with E-state index in [1.54, 1.807) is 0 Å². The summed E-state index contributed by atoms with van der Waals surface area (Å²) in [5.41, 5.74) is 2.24. The first-order chi connectivity index (χ1) is 5.79. The third-order valence-electron chi connectivity index (χ3n) is 2.26. The third-order valence-corrected chi connectivity index (χ3v) is 2.26. The lowest BCUT2D eigenvalue weighted by atomic mass is 10.1. The highest BCUT2D eigenvalue weighted by molar-refractivity contribution is 5.99. The number of carbonyl (C=O) groups is 1. The van der Waals surface area contributed by atoms with Crippen LogP contribution in [0.4, 0.5) is 5.69 Å². The zero-order valence-corrected chi connectivity index (χ0v) is 7.08. The first kappa shape index (κ1) is 7.35. The van der Waals surface area contributed by atoms with Crippen molar-refractivity contribution in [2.45, 2.75) is 13.3 Å². The van der Waals surface area contributed by atoms with Crippen LogP contribution >= 0.6 is 0 Å². The Kier molecular flexibility index (Phi) is 1.61. The third kappa shape index (κ3) is 0.998. The topological polar surface area (TPSA) is 20.3 Å². The van der Waals surface area contributed by atoms with Crippen LogP contribution in [-0.4, -0.2) is 12.5 Å². The molecule has 0 saturated carbocycles. The van der Waals surface area contributed by atoms with Crippen molar-refractivity contribution in [1.29, 1.82) is 0 Å². The number of para-hydroxylation sites is 1. The van der Waals surface area contributed by atoms with E-state index in [4.69, 9.17) is 0 Å². The molecule has 1 aliphatic heterocycles. The number of benzene rings is 1. The van der Waals surface area contributed by atoms with Crippen molar-refractivity contribution < 1.29 is 4.79 Å². The Morgan fingerprint density at radius 3 is 2.58 bits per heavy atom. The van der Waals surface area contributed by atoms with E-state index in [2.05, 4.69) is 0 Å². The average Bonchev–Trinajstić information content (AvgIpc) is 2.06. The van der Waals surface area contributed by atoms with Gasteiger partial charge in [0.1, 0.15) is 0 Å². The summed E-state index contributed by atoms with van der Waals surface area (Å²) in [6.45, 7) is 2.91. The second-order valence-electron chi connectivity index (χ2n) is 3.08. The van der Waals surface area contributed by atoms with Crippen molar-refractivity contribution >= 4 is 11.6 Å². The summed E-state index contributed by atoms with van der Waals surface area (Å²) in [6.07, 6.45) is 0.703. The largest absolute Gasteiger partial charge is 0.312 e. The molecule has 2 heteroatoms. The maximum Gasteiger partial charge on any atom is 0.228 e. The number of β-lactam (4-membered cyclic amide) rings is 1. The van der Waals surface area contributed by atoms with Crippen LogP contribution in [0.3, 0.4) is 0 Å². The fourth-order valence-corrected chi connectivity index (χ4v) is 1.44. The number of hydrogen-bond donors (Lipinski definition) is 0. The number of anilines is 1. The van der Waals surface area contributed by atoms with E-state index < -0.39 is 0 Å². The molecule has 1 saturated heterocycles. The summed E-state index contributed by atoms with van der Waals surface area (Å²) >= 11 is 0. The normalized spacial score (nSPS) is 16.1. The van der Waals surface area contributed by atoms with Crippen LogP contribution in [0.5, 0.6) is 0 Å². The van der Waals surface area contributed by atoms with Crippen LogP contribution < -0.4 is 4.90 Å². The number of hydrogen-bond acceptors (Lipinski definition) is 1. The van der Waals surface area contributed by atoms with Gasteiger partial charge in [-0.25, -0.2) is 0 Å². The molecule has 0 aliphatic carbocycles. The summed E-state index contributed by atoms with van der Waals surface area (Å²) in [4.78, 5) is 12.9. The van der Waals surface area contributed by atoms with Crippen LogP contribution in [-0.2, 0) is 4.79 Å². The first-order valence-electron chi connectivity index (χ1n) is 4.15. The lowest BCUT2D eigenvalue weighted by molar-refractivity contribution is -0.122. The monoisotopic (exact) mass is 161 g/mol. The minimum atomic E-state index is 0.240. The fraction of sp³-hybridized carbons (Fsp3) is 0.300. The highest BCUT2D eigenvalue weighted by Crippen LogP contribution is 2.24. The number of nitrogens with zero attached hydrogens (tertiary/aromatic N) is 1. The quantitative estimate of drug-likeness (QED) is 0.574. The van der Waals surface area contributed by atoms with Gasteiger partial charge >= 0.3 is 0 Å². The van der Waals surface area contributed by atoms with Gasteiger partial charge < -0.3 is 4.90 Å². The SMILES string of the molecule is Cc1ccccc1N1CCC1=O. The molecule has 2 nitrogen and oxygen atoms in total. The minimum absolute atomic E-state index is 0.240. The molecule has 0 radical (unpaired) electrons. The lowest BCUT2D eigenvalue weighted by Crippen LogP contribution is -2.43. The van der Waals surface area contributed by atoms with Crippen LogP contribution in [0.15, 0.2) is 24.3 Å².